The summed E-state index contributed by atoms with van der Waals surface area (Å²) in [5.74, 6) is 0.107. The van der Waals surface area contributed by atoms with Crippen LogP contribution in [0.3, 0.4) is 0 Å². The van der Waals surface area contributed by atoms with E-state index >= 15 is 0 Å². The molecule has 0 saturated heterocycles. The van der Waals surface area contributed by atoms with Crippen LogP contribution in [0.15, 0.2) is 65.3 Å². The number of ether oxygens (including phenoxy) is 2. The summed E-state index contributed by atoms with van der Waals surface area (Å²) in [4.78, 5) is 30.0. The van der Waals surface area contributed by atoms with Crippen LogP contribution in [0.5, 0.6) is 5.75 Å². The van der Waals surface area contributed by atoms with Crippen molar-refractivity contribution in [3.63, 3.8) is 0 Å². The topological polar surface area (TPSA) is 115 Å². The van der Waals surface area contributed by atoms with Gasteiger partial charge in [-0.2, -0.15) is 5.10 Å². The molecule has 2 aromatic carbocycles. The van der Waals surface area contributed by atoms with Gasteiger partial charge in [-0.25, -0.2) is 4.21 Å². The van der Waals surface area contributed by atoms with Gasteiger partial charge in [0.05, 0.1) is 30.3 Å². The van der Waals surface area contributed by atoms with Gasteiger partial charge in [0, 0.05) is 55.4 Å². The summed E-state index contributed by atoms with van der Waals surface area (Å²) >= 11 is 6.47. The number of hydrogen-bond donors (Lipinski definition) is 1. The molecule has 2 fully saturated rings. The van der Waals surface area contributed by atoms with Gasteiger partial charge in [0.2, 0.25) is 5.91 Å². The van der Waals surface area contributed by atoms with Crippen LogP contribution < -0.4 is 14.4 Å². The summed E-state index contributed by atoms with van der Waals surface area (Å²) < 4.78 is 36.2. The zero-order chi connectivity index (χ0) is 36.2. The van der Waals surface area contributed by atoms with Crippen molar-refractivity contribution in [2.75, 3.05) is 37.5 Å². The van der Waals surface area contributed by atoms with E-state index in [0.717, 1.165) is 61.5 Å². The number of nitrogens with zero attached hydrogens (tertiary/aromatic N) is 4. The van der Waals surface area contributed by atoms with E-state index in [-0.39, 0.29) is 40.9 Å². The Morgan fingerprint density at radius 2 is 2.06 bits per heavy atom. The summed E-state index contributed by atoms with van der Waals surface area (Å²) in [6.07, 6.45) is 14.3. The number of nitrogens with one attached hydrogen (secondary N) is 1. The van der Waals surface area contributed by atoms with Crippen LogP contribution in [0, 0.1) is 23.7 Å². The van der Waals surface area contributed by atoms with Crippen molar-refractivity contribution in [2.24, 2.45) is 35.1 Å². The Labute approximate surface area is 311 Å². The highest BCUT2D eigenvalue weighted by molar-refractivity contribution is 7.92. The maximum Gasteiger partial charge on any atom is 0.286 e. The molecule has 3 heterocycles. The van der Waals surface area contributed by atoms with Crippen LogP contribution >= 0.6 is 11.6 Å². The summed E-state index contributed by atoms with van der Waals surface area (Å²) in [6, 6.07) is 11.7. The number of amides is 2. The molecule has 8 atom stereocenters. The number of anilines is 1. The molecular formula is C40H48ClN5O5S. The Kier molecular flexibility index (Phi) is 9.49. The highest BCUT2D eigenvalue weighted by Crippen LogP contribution is 2.48. The second kappa shape index (κ2) is 14.0. The van der Waals surface area contributed by atoms with Crippen LogP contribution in [0.4, 0.5) is 5.69 Å². The number of carbonyl (C=O) groups excluding carboxylic acids is 2. The SMILES string of the molecule is CO[C@H]1/C=C\C[C@H](C)CS(=O)(NC(=O)C2CC2c2cnn(C)c2)=NC(=O)c2ccc3c(c2)N(C[C@@H]2CC[C@H]21)C[C@@]1(CCCc2cc(Cl)ccc21)CO3. The van der Waals surface area contributed by atoms with Gasteiger partial charge in [-0.15, -0.1) is 4.36 Å². The molecule has 1 N–H and O–H groups in total. The molecule has 2 amide bonds. The second-order valence-corrected chi connectivity index (χ2v) is 18.3. The number of rotatable bonds is 4. The van der Waals surface area contributed by atoms with Crippen molar-refractivity contribution < 1.29 is 23.3 Å². The third-order valence-corrected chi connectivity index (χ3v) is 14.3. The zero-order valence-corrected chi connectivity index (χ0v) is 31.7. The maximum atomic E-state index is 14.6. The minimum atomic E-state index is -3.46. The number of benzene rings is 2. The van der Waals surface area contributed by atoms with E-state index in [2.05, 4.69) is 43.4 Å². The van der Waals surface area contributed by atoms with Crippen molar-refractivity contribution in [1.82, 2.24) is 14.5 Å². The van der Waals surface area contributed by atoms with Crippen molar-refractivity contribution in [2.45, 2.75) is 69.3 Å². The zero-order valence-electron chi connectivity index (χ0n) is 30.1. The van der Waals surface area contributed by atoms with Gasteiger partial charge in [0.15, 0.2) is 0 Å². The van der Waals surface area contributed by atoms with Crippen LogP contribution in [-0.4, -0.2) is 64.5 Å². The summed E-state index contributed by atoms with van der Waals surface area (Å²) in [5, 5.41) is 4.99. The highest BCUT2D eigenvalue weighted by atomic mass is 35.5. The highest BCUT2D eigenvalue weighted by Gasteiger charge is 2.46. The van der Waals surface area contributed by atoms with Gasteiger partial charge < -0.3 is 14.4 Å². The van der Waals surface area contributed by atoms with Gasteiger partial charge in [-0.05, 0) is 116 Å². The van der Waals surface area contributed by atoms with E-state index in [4.69, 9.17) is 21.1 Å². The predicted molar refractivity (Wildman–Crippen MR) is 202 cm³/mol. The smallest absolute Gasteiger partial charge is 0.286 e. The molecule has 12 heteroatoms. The number of aromatic nitrogens is 2. The van der Waals surface area contributed by atoms with Crippen molar-refractivity contribution >= 4 is 39.0 Å². The molecule has 1 aromatic heterocycles. The number of halogens is 1. The lowest BCUT2D eigenvalue weighted by atomic mass is 9.68. The maximum absolute atomic E-state index is 14.6. The molecule has 3 aliphatic carbocycles. The molecule has 52 heavy (non-hydrogen) atoms. The van der Waals surface area contributed by atoms with Gasteiger partial charge in [-0.3, -0.25) is 19.0 Å². The lowest BCUT2D eigenvalue weighted by Crippen LogP contribution is -2.49. The quantitative estimate of drug-likeness (QED) is 0.299. The largest absolute Gasteiger partial charge is 0.490 e. The van der Waals surface area contributed by atoms with E-state index in [1.54, 1.807) is 24.1 Å². The van der Waals surface area contributed by atoms with E-state index in [1.807, 2.05) is 38.4 Å². The van der Waals surface area contributed by atoms with Crippen molar-refractivity contribution in [3.05, 3.63) is 88.2 Å². The van der Waals surface area contributed by atoms with Gasteiger partial charge in [0.25, 0.3) is 5.91 Å². The van der Waals surface area contributed by atoms with Crippen molar-refractivity contribution in [1.29, 1.82) is 0 Å². The van der Waals surface area contributed by atoms with Gasteiger partial charge in [0.1, 0.15) is 15.7 Å². The molecule has 2 bridgehead atoms. The summed E-state index contributed by atoms with van der Waals surface area (Å²) in [7, 11) is 0.151. The van der Waals surface area contributed by atoms with Crippen molar-refractivity contribution in [3.8, 4) is 5.75 Å². The first-order valence-electron chi connectivity index (χ1n) is 18.6. The van der Waals surface area contributed by atoms with E-state index in [1.165, 1.54) is 11.1 Å². The molecule has 5 aliphatic rings. The molecule has 276 valence electrons. The minimum Gasteiger partial charge on any atom is -0.490 e. The average molecular weight is 746 g/mol. The lowest BCUT2D eigenvalue weighted by Gasteiger charge is -2.46. The Morgan fingerprint density at radius 1 is 1.19 bits per heavy atom. The fraction of sp³-hybridized carbons (Fsp3) is 0.525. The fourth-order valence-corrected chi connectivity index (χ4v) is 11.2. The monoisotopic (exact) mass is 745 g/mol. The van der Waals surface area contributed by atoms with Crippen LogP contribution in [-0.2, 0) is 38.3 Å². The fourth-order valence-electron chi connectivity index (χ4n) is 9.08. The third-order valence-electron chi connectivity index (χ3n) is 12.1. The van der Waals surface area contributed by atoms with E-state index < -0.39 is 15.8 Å². The second-order valence-electron chi connectivity index (χ2n) is 15.8. The van der Waals surface area contributed by atoms with Gasteiger partial charge in [-0.1, -0.05) is 36.7 Å². The average Bonchev–Trinajstić information content (AvgIpc) is 3.82. The molecule has 8 rings (SSSR count). The van der Waals surface area contributed by atoms with Crippen LogP contribution in [0.2, 0.25) is 5.02 Å². The first kappa shape index (κ1) is 35.4. The summed E-state index contributed by atoms with van der Waals surface area (Å²) in [5.41, 5.74) is 4.43. The van der Waals surface area contributed by atoms with Gasteiger partial charge >= 0.3 is 0 Å². The Bertz CT molecular complexity index is 2040. The molecule has 10 nitrogen and oxygen atoms in total. The number of hydrogen-bond acceptors (Lipinski definition) is 7. The molecule has 1 spiro atoms. The number of carbonyl (C=O) groups is 2. The predicted octanol–water partition coefficient (Wildman–Crippen LogP) is 6.63. The standard InChI is InChI=1S/C40H48ClN5O5S/c1-25-6-4-8-36(50-3)31-12-9-28(31)21-46-23-40(15-5-7-26-16-30(41)11-13-34(26)40)24-51-37-14-10-27(17-35(37)46)38(47)43-52(49,22-25)44-39(48)33-18-32(33)29-19-42-45(2)20-29/h4,8,10-11,13-14,16-17,19-20,25,28,31-33,36H,5-7,9,12,15,18,21-24H2,1-3H3,(H,43,44,47,48,49)/b8-4-/t25-,28-,31+,32?,33?,36-,40-,52?/m0/s1. The first-order valence-corrected chi connectivity index (χ1v) is 20.7. The normalized spacial score (nSPS) is 33.4. The Hall–Kier alpha value is -3.67. The number of methoxy groups -OCH3 is 1. The summed E-state index contributed by atoms with van der Waals surface area (Å²) in [6.45, 7) is 4.01. The molecular weight excluding hydrogens is 698 g/mol. The number of fused-ring (bicyclic) bond motifs is 4. The number of aryl methyl sites for hydroxylation is 2. The number of allylic oxidation sites excluding steroid dienone is 1. The lowest BCUT2D eigenvalue weighted by molar-refractivity contribution is -0.120. The minimum absolute atomic E-state index is 0.00670. The third kappa shape index (κ3) is 6.92. The van der Waals surface area contributed by atoms with Crippen LogP contribution in [0.1, 0.15) is 78.4 Å². The van der Waals surface area contributed by atoms with E-state index in [0.29, 0.717) is 42.6 Å². The van der Waals surface area contributed by atoms with E-state index in [9.17, 15) is 13.8 Å². The van der Waals surface area contributed by atoms with Crippen LogP contribution in [0.25, 0.3) is 0 Å². The molecule has 2 saturated carbocycles. The molecule has 3 unspecified atom stereocenters. The first-order chi connectivity index (χ1) is 25.0. The Balaban J connectivity index is 1.16. The molecule has 3 aromatic rings. The molecule has 2 aliphatic heterocycles. The Morgan fingerprint density at radius 3 is 2.83 bits per heavy atom. The molecule has 0 radical (unpaired) electrons.